The normalized spacial score (nSPS) is 24.8. The Kier molecular flexibility index (Phi) is 4.76. The maximum absolute atomic E-state index is 11.7. The quantitative estimate of drug-likeness (QED) is 0.696. The van der Waals surface area contributed by atoms with Crippen LogP contribution in [-0.2, 0) is 10.0 Å². The molecule has 0 heterocycles. The van der Waals surface area contributed by atoms with Crippen LogP contribution >= 0.6 is 0 Å². The minimum Gasteiger partial charge on any atom is -0.396 e. The predicted octanol–water partition coefficient (Wildman–Crippen LogP) is 1.26. The number of nitrogens with one attached hydrogen (secondary N) is 1. The van der Waals surface area contributed by atoms with E-state index in [1.165, 1.54) is 0 Å². The van der Waals surface area contributed by atoms with Crippen LogP contribution in [0.15, 0.2) is 0 Å². The molecule has 5 heteroatoms. The summed E-state index contributed by atoms with van der Waals surface area (Å²) in [6.07, 6.45) is 4.02. The van der Waals surface area contributed by atoms with Crippen molar-refractivity contribution in [1.82, 2.24) is 4.72 Å². The second-order valence-corrected chi connectivity index (χ2v) is 7.34. The SMILES string of the molecule is CC1(C)CCC(NS(=O)(=O)CCCCO)C1. The first kappa shape index (κ1) is 13.9. The molecule has 0 amide bonds. The third-order valence-corrected chi connectivity index (χ3v) is 4.65. The Morgan fingerprint density at radius 3 is 2.56 bits per heavy atom. The zero-order chi connectivity index (χ0) is 12.2. The van der Waals surface area contributed by atoms with Gasteiger partial charge in [-0.2, -0.15) is 0 Å². The first-order valence-electron chi connectivity index (χ1n) is 5.95. The molecule has 2 N–H and O–H groups in total. The largest absolute Gasteiger partial charge is 0.396 e. The summed E-state index contributed by atoms with van der Waals surface area (Å²) >= 11 is 0. The lowest BCUT2D eigenvalue weighted by Crippen LogP contribution is -2.35. The highest BCUT2D eigenvalue weighted by Crippen LogP contribution is 2.37. The molecule has 96 valence electrons. The van der Waals surface area contributed by atoms with E-state index in [0.29, 0.717) is 12.8 Å². The van der Waals surface area contributed by atoms with Crippen LogP contribution in [0, 0.1) is 5.41 Å². The van der Waals surface area contributed by atoms with Gasteiger partial charge in [-0.1, -0.05) is 13.8 Å². The Morgan fingerprint density at radius 1 is 1.38 bits per heavy atom. The van der Waals surface area contributed by atoms with Gasteiger partial charge in [-0.3, -0.25) is 0 Å². The van der Waals surface area contributed by atoms with Gasteiger partial charge in [-0.05, 0) is 37.5 Å². The van der Waals surface area contributed by atoms with Crippen molar-refractivity contribution >= 4 is 10.0 Å². The van der Waals surface area contributed by atoms with Gasteiger partial charge < -0.3 is 5.11 Å². The highest BCUT2D eigenvalue weighted by Gasteiger charge is 2.32. The first-order chi connectivity index (χ1) is 7.35. The first-order valence-corrected chi connectivity index (χ1v) is 7.61. The molecule has 0 saturated heterocycles. The maximum atomic E-state index is 11.7. The van der Waals surface area contributed by atoms with Crippen molar-refractivity contribution < 1.29 is 13.5 Å². The molecule has 1 fully saturated rings. The van der Waals surface area contributed by atoms with Gasteiger partial charge in [0.15, 0.2) is 0 Å². The molecule has 16 heavy (non-hydrogen) atoms. The number of hydrogen-bond donors (Lipinski definition) is 2. The van der Waals surface area contributed by atoms with E-state index in [1.54, 1.807) is 0 Å². The number of sulfonamides is 1. The van der Waals surface area contributed by atoms with Gasteiger partial charge in [0.2, 0.25) is 10.0 Å². The van der Waals surface area contributed by atoms with E-state index < -0.39 is 10.0 Å². The zero-order valence-electron chi connectivity index (χ0n) is 10.2. The minimum atomic E-state index is -3.15. The van der Waals surface area contributed by atoms with Crippen LogP contribution < -0.4 is 4.72 Å². The Balaban J connectivity index is 2.36. The summed E-state index contributed by atoms with van der Waals surface area (Å²) in [5.41, 5.74) is 0.262. The summed E-state index contributed by atoms with van der Waals surface area (Å²) in [5.74, 6) is 0.129. The van der Waals surface area contributed by atoms with E-state index in [-0.39, 0.29) is 23.8 Å². The van der Waals surface area contributed by atoms with E-state index in [4.69, 9.17) is 5.11 Å². The fraction of sp³-hybridized carbons (Fsp3) is 1.00. The second-order valence-electron chi connectivity index (χ2n) is 5.47. The number of hydrogen-bond acceptors (Lipinski definition) is 3. The molecule has 0 aliphatic heterocycles. The van der Waals surface area contributed by atoms with Crippen LogP contribution in [0.5, 0.6) is 0 Å². The van der Waals surface area contributed by atoms with Gasteiger partial charge in [0.1, 0.15) is 0 Å². The van der Waals surface area contributed by atoms with E-state index in [0.717, 1.165) is 19.3 Å². The lowest BCUT2D eigenvalue weighted by Gasteiger charge is -2.17. The summed E-state index contributed by atoms with van der Waals surface area (Å²) < 4.78 is 26.1. The molecule has 0 aromatic carbocycles. The molecule has 4 nitrogen and oxygen atoms in total. The summed E-state index contributed by atoms with van der Waals surface area (Å²) in [4.78, 5) is 0. The van der Waals surface area contributed by atoms with Crippen molar-refractivity contribution in [2.24, 2.45) is 5.41 Å². The Bertz CT molecular complexity index is 311. The molecule has 1 rings (SSSR count). The van der Waals surface area contributed by atoms with E-state index in [9.17, 15) is 8.42 Å². The number of aliphatic hydroxyl groups excluding tert-OH is 1. The van der Waals surface area contributed by atoms with Gasteiger partial charge >= 0.3 is 0 Å². The van der Waals surface area contributed by atoms with Crippen LogP contribution in [0.25, 0.3) is 0 Å². The predicted molar refractivity (Wildman–Crippen MR) is 64.7 cm³/mol. The molecule has 0 spiro atoms. The van der Waals surface area contributed by atoms with Gasteiger partial charge in [0, 0.05) is 12.6 Å². The lowest BCUT2D eigenvalue weighted by atomic mass is 9.92. The molecule has 1 aliphatic carbocycles. The Morgan fingerprint density at radius 2 is 2.06 bits per heavy atom. The Labute approximate surface area is 98.5 Å². The van der Waals surface area contributed by atoms with Crippen molar-refractivity contribution in [3.8, 4) is 0 Å². The van der Waals surface area contributed by atoms with Gasteiger partial charge in [0.25, 0.3) is 0 Å². The topological polar surface area (TPSA) is 66.4 Å². The van der Waals surface area contributed by atoms with Crippen LogP contribution in [0.1, 0.15) is 46.0 Å². The average Bonchev–Trinajstić information content (AvgIpc) is 2.44. The highest BCUT2D eigenvalue weighted by molar-refractivity contribution is 7.89. The van der Waals surface area contributed by atoms with Crippen LogP contribution in [0.2, 0.25) is 0 Å². The standard InChI is InChI=1S/C11H23NO3S/c1-11(2)6-5-10(9-11)12-16(14,15)8-4-3-7-13/h10,12-13H,3-9H2,1-2H3. The number of unbranched alkanes of at least 4 members (excludes halogenated alkanes) is 1. The summed E-state index contributed by atoms with van der Waals surface area (Å²) in [6.45, 7) is 4.41. The third-order valence-electron chi connectivity index (χ3n) is 3.14. The molecule has 0 radical (unpaired) electrons. The van der Waals surface area contributed by atoms with Crippen LogP contribution in [0.4, 0.5) is 0 Å². The molecule has 1 aliphatic rings. The Hall–Kier alpha value is -0.130. The molecule has 1 atom stereocenters. The molecule has 1 unspecified atom stereocenters. The smallest absolute Gasteiger partial charge is 0.211 e. The van der Waals surface area contributed by atoms with Crippen molar-refractivity contribution in [3.63, 3.8) is 0 Å². The number of rotatable bonds is 6. The molecule has 0 aromatic heterocycles. The van der Waals surface area contributed by atoms with E-state index >= 15 is 0 Å². The van der Waals surface area contributed by atoms with Crippen molar-refractivity contribution in [1.29, 1.82) is 0 Å². The summed E-state index contributed by atoms with van der Waals surface area (Å²) in [6, 6.07) is 0.106. The van der Waals surface area contributed by atoms with Crippen molar-refractivity contribution in [3.05, 3.63) is 0 Å². The van der Waals surface area contributed by atoms with Crippen LogP contribution in [-0.4, -0.2) is 31.9 Å². The van der Waals surface area contributed by atoms with Gasteiger partial charge in [0.05, 0.1) is 5.75 Å². The lowest BCUT2D eigenvalue weighted by molar-refractivity contribution is 0.287. The average molecular weight is 249 g/mol. The molecule has 1 saturated carbocycles. The molecule has 0 bridgehead atoms. The minimum absolute atomic E-state index is 0.0615. The summed E-state index contributed by atoms with van der Waals surface area (Å²) in [7, 11) is -3.15. The van der Waals surface area contributed by atoms with E-state index in [1.807, 2.05) is 0 Å². The van der Waals surface area contributed by atoms with Gasteiger partial charge in [-0.25, -0.2) is 13.1 Å². The van der Waals surface area contributed by atoms with E-state index in [2.05, 4.69) is 18.6 Å². The monoisotopic (exact) mass is 249 g/mol. The van der Waals surface area contributed by atoms with Crippen molar-refractivity contribution in [2.75, 3.05) is 12.4 Å². The number of aliphatic hydroxyl groups is 1. The summed E-state index contributed by atoms with van der Waals surface area (Å²) in [5, 5.41) is 8.60. The highest BCUT2D eigenvalue weighted by atomic mass is 32.2. The molecule has 0 aromatic rings. The molecular formula is C11H23NO3S. The fourth-order valence-electron chi connectivity index (χ4n) is 2.25. The van der Waals surface area contributed by atoms with Crippen molar-refractivity contribution in [2.45, 2.75) is 52.0 Å². The zero-order valence-corrected chi connectivity index (χ0v) is 11.0. The van der Waals surface area contributed by atoms with Gasteiger partial charge in [-0.15, -0.1) is 0 Å². The second kappa shape index (κ2) is 5.47. The fourth-order valence-corrected chi connectivity index (χ4v) is 3.66. The molecular weight excluding hydrogens is 226 g/mol. The van der Waals surface area contributed by atoms with Crippen LogP contribution in [0.3, 0.4) is 0 Å². The third kappa shape index (κ3) is 4.80. The maximum Gasteiger partial charge on any atom is 0.211 e.